The third-order valence-corrected chi connectivity index (χ3v) is 4.83. The van der Waals surface area contributed by atoms with Crippen LogP contribution in [0.2, 0.25) is 10.0 Å². The van der Waals surface area contributed by atoms with Crippen LogP contribution in [0.1, 0.15) is 29.9 Å². The van der Waals surface area contributed by atoms with E-state index in [9.17, 15) is 9.59 Å². The maximum absolute atomic E-state index is 12.8. The monoisotopic (exact) mass is 419 g/mol. The number of benzene rings is 1. The third kappa shape index (κ3) is 4.26. The molecule has 0 aliphatic rings. The van der Waals surface area contributed by atoms with Gasteiger partial charge in [0.05, 0.1) is 22.5 Å². The number of fused-ring (bicyclic) bond motifs is 1. The van der Waals surface area contributed by atoms with Crippen molar-refractivity contribution in [2.75, 3.05) is 5.32 Å². The van der Waals surface area contributed by atoms with Crippen molar-refractivity contribution in [2.45, 2.75) is 26.8 Å². The van der Waals surface area contributed by atoms with Gasteiger partial charge in [0, 0.05) is 16.1 Å². The molecule has 2 aromatic heterocycles. The Morgan fingerprint density at radius 1 is 1.18 bits per heavy atom. The number of hydrogen-bond donors (Lipinski definition) is 3. The number of halogens is 2. The van der Waals surface area contributed by atoms with Gasteiger partial charge in [-0.25, -0.2) is 4.98 Å². The van der Waals surface area contributed by atoms with Gasteiger partial charge in [0.2, 0.25) is 5.91 Å². The van der Waals surface area contributed by atoms with Gasteiger partial charge >= 0.3 is 0 Å². The SMILES string of the molecule is Cc1[nH]nc2ncc(NC(=O)C(NC(=O)c3ccc(Cl)cc3Cl)C(C)C)cc12. The van der Waals surface area contributed by atoms with Gasteiger partial charge < -0.3 is 10.6 Å². The number of amides is 2. The minimum absolute atomic E-state index is 0.151. The minimum atomic E-state index is -0.764. The lowest BCUT2D eigenvalue weighted by atomic mass is 10.0. The number of aryl methyl sites for hydroxylation is 1. The fourth-order valence-corrected chi connectivity index (χ4v) is 3.23. The van der Waals surface area contributed by atoms with Gasteiger partial charge in [-0.2, -0.15) is 5.10 Å². The topological polar surface area (TPSA) is 99.8 Å². The summed E-state index contributed by atoms with van der Waals surface area (Å²) >= 11 is 12.0. The van der Waals surface area contributed by atoms with E-state index in [0.717, 1.165) is 11.1 Å². The van der Waals surface area contributed by atoms with Crippen LogP contribution in [0.25, 0.3) is 11.0 Å². The van der Waals surface area contributed by atoms with E-state index >= 15 is 0 Å². The van der Waals surface area contributed by atoms with Gasteiger partial charge in [0.1, 0.15) is 6.04 Å². The molecule has 0 spiro atoms. The molecule has 3 aromatic rings. The summed E-state index contributed by atoms with van der Waals surface area (Å²) < 4.78 is 0. The summed E-state index contributed by atoms with van der Waals surface area (Å²) in [4.78, 5) is 29.6. The highest BCUT2D eigenvalue weighted by atomic mass is 35.5. The lowest BCUT2D eigenvalue weighted by Gasteiger charge is -2.22. The highest BCUT2D eigenvalue weighted by molar-refractivity contribution is 6.36. The van der Waals surface area contributed by atoms with Crippen molar-refractivity contribution >= 4 is 51.7 Å². The summed E-state index contributed by atoms with van der Waals surface area (Å²) in [6.45, 7) is 5.56. The number of carbonyl (C=O) groups is 2. The van der Waals surface area contributed by atoms with Crippen LogP contribution >= 0.6 is 23.2 Å². The Morgan fingerprint density at radius 2 is 1.93 bits per heavy atom. The maximum Gasteiger partial charge on any atom is 0.253 e. The number of pyridine rings is 1. The predicted molar refractivity (Wildman–Crippen MR) is 110 cm³/mol. The Kier molecular flexibility index (Phi) is 5.86. The highest BCUT2D eigenvalue weighted by Crippen LogP contribution is 2.22. The molecule has 2 amide bonds. The Hall–Kier alpha value is -2.64. The fraction of sp³-hybridized carbons (Fsp3) is 0.263. The van der Waals surface area contributed by atoms with E-state index in [1.54, 1.807) is 12.1 Å². The number of aromatic amines is 1. The van der Waals surface area contributed by atoms with Crippen LogP contribution in [-0.4, -0.2) is 33.0 Å². The van der Waals surface area contributed by atoms with Crippen LogP contribution in [0, 0.1) is 12.8 Å². The second kappa shape index (κ2) is 8.16. The van der Waals surface area contributed by atoms with E-state index in [1.807, 2.05) is 20.8 Å². The molecule has 0 aliphatic heterocycles. The summed E-state index contributed by atoms with van der Waals surface area (Å²) in [5.41, 5.74) is 2.19. The third-order valence-electron chi connectivity index (χ3n) is 4.28. The van der Waals surface area contributed by atoms with Gasteiger partial charge in [-0.3, -0.25) is 14.7 Å². The smallest absolute Gasteiger partial charge is 0.253 e. The maximum atomic E-state index is 12.8. The highest BCUT2D eigenvalue weighted by Gasteiger charge is 2.26. The zero-order valence-corrected chi connectivity index (χ0v) is 17.0. The van der Waals surface area contributed by atoms with Crippen molar-refractivity contribution in [1.29, 1.82) is 0 Å². The van der Waals surface area contributed by atoms with Crippen LogP contribution < -0.4 is 10.6 Å². The summed E-state index contributed by atoms with van der Waals surface area (Å²) in [7, 11) is 0. The Balaban J connectivity index is 1.77. The van der Waals surface area contributed by atoms with E-state index in [-0.39, 0.29) is 22.4 Å². The van der Waals surface area contributed by atoms with E-state index < -0.39 is 11.9 Å². The van der Waals surface area contributed by atoms with Gasteiger partial charge in [-0.1, -0.05) is 37.0 Å². The standard InChI is InChI=1S/C19H19Cl2N5O2/c1-9(2)16(24-18(27)13-5-4-11(20)6-15(13)21)19(28)23-12-7-14-10(3)25-26-17(14)22-8-12/h4-9,16H,1-3H3,(H,23,28)(H,24,27)(H,22,25,26). The number of carbonyl (C=O) groups excluding carboxylic acids is 2. The number of rotatable bonds is 5. The largest absolute Gasteiger partial charge is 0.340 e. The van der Waals surface area contributed by atoms with Crippen LogP contribution in [-0.2, 0) is 4.79 Å². The van der Waals surface area contributed by atoms with Crippen molar-refractivity contribution in [3.63, 3.8) is 0 Å². The van der Waals surface area contributed by atoms with Crippen LogP contribution in [0.5, 0.6) is 0 Å². The molecule has 1 unspecified atom stereocenters. The van der Waals surface area contributed by atoms with E-state index in [2.05, 4.69) is 25.8 Å². The number of anilines is 1. The molecule has 28 heavy (non-hydrogen) atoms. The minimum Gasteiger partial charge on any atom is -0.340 e. The van der Waals surface area contributed by atoms with Crippen molar-refractivity contribution in [2.24, 2.45) is 5.92 Å². The molecule has 1 aromatic carbocycles. The molecule has 3 N–H and O–H groups in total. The first-order valence-corrected chi connectivity index (χ1v) is 9.39. The molecule has 0 aliphatic carbocycles. The van der Waals surface area contributed by atoms with Crippen molar-refractivity contribution in [1.82, 2.24) is 20.5 Å². The number of nitrogens with one attached hydrogen (secondary N) is 3. The second-order valence-corrected chi connectivity index (χ2v) is 7.60. The van der Waals surface area contributed by atoms with Crippen LogP contribution in [0.4, 0.5) is 5.69 Å². The van der Waals surface area contributed by atoms with E-state index in [0.29, 0.717) is 16.4 Å². The lowest BCUT2D eigenvalue weighted by molar-refractivity contribution is -0.118. The molecule has 2 heterocycles. The molecule has 0 fully saturated rings. The molecule has 3 rings (SSSR count). The lowest BCUT2D eigenvalue weighted by Crippen LogP contribution is -2.47. The van der Waals surface area contributed by atoms with Gasteiger partial charge in [-0.05, 0) is 37.1 Å². The average Bonchev–Trinajstić information content (AvgIpc) is 2.99. The Bertz CT molecular complexity index is 1050. The quantitative estimate of drug-likeness (QED) is 0.582. The van der Waals surface area contributed by atoms with E-state index in [1.165, 1.54) is 18.3 Å². The first kappa shape index (κ1) is 20.1. The normalized spacial score (nSPS) is 12.2. The molecule has 0 bridgehead atoms. The Labute approximate surface area is 171 Å². The molecular weight excluding hydrogens is 401 g/mol. The first-order chi connectivity index (χ1) is 13.3. The molecule has 1 atom stereocenters. The van der Waals surface area contributed by atoms with Crippen LogP contribution in [0.15, 0.2) is 30.5 Å². The van der Waals surface area contributed by atoms with Crippen molar-refractivity contribution in [3.8, 4) is 0 Å². The zero-order chi connectivity index (χ0) is 20.4. The van der Waals surface area contributed by atoms with Crippen molar-refractivity contribution < 1.29 is 9.59 Å². The number of hydrogen-bond acceptors (Lipinski definition) is 4. The summed E-state index contributed by atoms with van der Waals surface area (Å²) in [5, 5.41) is 13.9. The molecule has 0 radical (unpaired) electrons. The number of nitrogens with zero attached hydrogens (tertiary/aromatic N) is 2. The summed E-state index contributed by atoms with van der Waals surface area (Å²) in [6.07, 6.45) is 1.52. The average molecular weight is 420 g/mol. The summed E-state index contributed by atoms with van der Waals surface area (Å²) in [5.74, 6) is -0.951. The van der Waals surface area contributed by atoms with E-state index in [4.69, 9.17) is 23.2 Å². The molecule has 9 heteroatoms. The molecule has 7 nitrogen and oxygen atoms in total. The zero-order valence-electron chi connectivity index (χ0n) is 15.5. The molecule has 146 valence electrons. The predicted octanol–water partition coefficient (Wildman–Crippen LogP) is 3.97. The Morgan fingerprint density at radius 3 is 2.61 bits per heavy atom. The second-order valence-electron chi connectivity index (χ2n) is 6.75. The number of H-pyrrole nitrogens is 1. The number of aromatic nitrogens is 3. The molecule has 0 saturated heterocycles. The van der Waals surface area contributed by atoms with Gasteiger partial charge in [0.25, 0.3) is 5.91 Å². The van der Waals surface area contributed by atoms with Crippen molar-refractivity contribution in [3.05, 3.63) is 51.8 Å². The molecular formula is C19H19Cl2N5O2. The molecule has 0 saturated carbocycles. The first-order valence-electron chi connectivity index (χ1n) is 8.63. The fourth-order valence-electron chi connectivity index (χ4n) is 2.74. The van der Waals surface area contributed by atoms with Gasteiger partial charge in [-0.15, -0.1) is 0 Å². The van der Waals surface area contributed by atoms with Crippen LogP contribution in [0.3, 0.4) is 0 Å². The van der Waals surface area contributed by atoms with Gasteiger partial charge in [0.15, 0.2) is 5.65 Å². The summed E-state index contributed by atoms with van der Waals surface area (Å²) in [6, 6.07) is 5.60.